The predicted octanol–water partition coefficient (Wildman–Crippen LogP) is 3.49. The number of hydrogen-bond donors (Lipinski definition) is 0. The zero-order valence-corrected chi connectivity index (χ0v) is 15.7. The number of benzene rings is 1. The van der Waals surface area contributed by atoms with Crippen molar-refractivity contribution in [2.45, 2.75) is 19.5 Å². The Hall–Kier alpha value is -3.61. The van der Waals surface area contributed by atoms with Crippen molar-refractivity contribution in [3.05, 3.63) is 90.2 Å². The molecule has 0 bridgehead atoms. The van der Waals surface area contributed by atoms with Crippen molar-refractivity contribution in [1.82, 2.24) is 24.7 Å². The molecule has 1 aliphatic heterocycles. The van der Waals surface area contributed by atoms with E-state index in [4.69, 9.17) is 5.10 Å². The smallest absolute Gasteiger partial charge is 0.128 e. The SMILES string of the molecule is Fc1ccccc1Cn1nc(-c2cncnc2)c2c1CCN(c1ccncc1)C2. The third-order valence-electron chi connectivity index (χ3n) is 5.27. The van der Waals surface area contributed by atoms with Crippen LogP contribution in [0, 0.1) is 5.82 Å². The van der Waals surface area contributed by atoms with E-state index in [-0.39, 0.29) is 5.82 Å². The standard InChI is InChI=1S/C22H19FN6/c23-20-4-2-1-3-16(20)13-29-21-7-10-28(18-5-8-24-9-6-18)14-19(21)22(27-29)17-11-25-15-26-12-17/h1-6,8-9,11-12,15H,7,10,13-14H2. The maximum atomic E-state index is 14.2. The van der Waals surface area contributed by atoms with Crippen LogP contribution in [0.4, 0.5) is 10.1 Å². The summed E-state index contributed by atoms with van der Waals surface area (Å²) in [6, 6.07) is 10.9. The topological polar surface area (TPSA) is 59.7 Å². The van der Waals surface area contributed by atoms with Crippen LogP contribution in [0.5, 0.6) is 0 Å². The maximum absolute atomic E-state index is 14.2. The van der Waals surface area contributed by atoms with Crippen molar-refractivity contribution < 1.29 is 4.39 Å². The fourth-order valence-corrected chi connectivity index (χ4v) is 3.84. The van der Waals surface area contributed by atoms with Gasteiger partial charge in [0.25, 0.3) is 0 Å². The molecule has 0 aliphatic carbocycles. The highest BCUT2D eigenvalue weighted by molar-refractivity contribution is 5.64. The van der Waals surface area contributed by atoms with Crippen LogP contribution in [-0.2, 0) is 19.5 Å². The molecule has 0 fully saturated rings. The summed E-state index contributed by atoms with van der Waals surface area (Å²) in [5.74, 6) is -0.212. The van der Waals surface area contributed by atoms with Crippen LogP contribution < -0.4 is 4.90 Å². The molecule has 0 spiro atoms. The van der Waals surface area contributed by atoms with E-state index in [2.05, 4.69) is 19.9 Å². The molecule has 1 aromatic carbocycles. The third kappa shape index (κ3) is 3.35. The first-order valence-electron chi connectivity index (χ1n) is 9.52. The monoisotopic (exact) mass is 386 g/mol. The average Bonchev–Trinajstić information content (AvgIpc) is 3.14. The van der Waals surface area contributed by atoms with Crippen molar-refractivity contribution in [2.75, 3.05) is 11.4 Å². The molecule has 4 aromatic rings. The summed E-state index contributed by atoms with van der Waals surface area (Å²) in [7, 11) is 0. The van der Waals surface area contributed by atoms with Crippen LogP contribution in [0.25, 0.3) is 11.3 Å². The quantitative estimate of drug-likeness (QED) is 0.537. The van der Waals surface area contributed by atoms with Gasteiger partial charge in [0.05, 0.1) is 6.54 Å². The molecular weight excluding hydrogens is 367 g/mol. The zero-order valence-electron chi connectivity index (χ0n) is 15.7. The summed E-state index contributed by atoms with van der Waals surface area (Å²) in [4.78, 5) is 14.7. The summed E-state index contributed by atoms with van der Waals surface area (Å²) in [5, 5.41) is 4.86. The number of halogens is 1. The molecular formula is C22H19FN6. The molecule has 0 atom stereocenters. The Kier molecular flexibility index (Phi) is 4.48. The molecule has 7 heteroatoms. The summed E-state index contributed by atoms with van der Waals surface area (Å²) < 4.78 is 16.2. The average molecular weight is 386 g/mol. The number of nitrogens with zero attached hydrogens (tertiary/aromatic N) is 6. The van der Waals surface area contributed by atoms with Crippen molar-refractivity contribution in [3.8, 4) is 11.3 Å². The van der Waals surface area contributed by atoms with Gasteiger partial charge in [-0.15, -0.1) is 0 Å². The number of anilines is 1. The summed E-state index contributed by atoms with van der Waals surface area (Å²) in [5.41, 5.74) is 5.76. The van der Waals surface area contributed by atoms with Gasteiger partial charge in [0.15, 0.2) is 0 Å². The van der Waals surface area contributed by atoms with E-state index >= 15 is 0 Å². The molecule has 0 radical (unpaired) electrons. The zero-order chi connectivity index (χ0) is 19.6. The van der Waals surface area contributed by atoms with Gasteiger partial charge in [-0.3, -0.25) is 9.67 Å². The highest BCUT2D eigenvalue weighted by Crippen LogP contribution is 2.32. The molecule has 3 aromatic heterocycles. The summed E-state index contributed by atoms with van der Waals surface area (Å²) in [6.07, 6.45) is 9.49. The minimum atomic E-state index is -0.212. The van der Waals surface area contributed by atoms with E-state index in [1.54, 1.807) is 36.9 Å². The number of aromatic nitrogens is 5. The molecule has 0 N–H and O–H groups in total. The highest BCUT2D eigenvalue weighted by Gasteiger charge is 2.26. The number of pyridine rings is 1. The number of fused-ring (bicyclic) bond motifs is 1. The molecule has 1 aliphatic rings. The Labute approximate surface area is 167 Å². The van der Waals surface area contributed by atoms with Crippen LogP contribution in [0.2, 0.25) is 0 Å². The lowest BCUT2D eigenvalue weighted by Crippen LogP contribution is -2.31. The second-order valence-corrected chi connectivity index (χ2v) is 7.03. The number of rotatable bonds is 4. The lowest BCUT2D eigenvalue weighted by molar-refractivity contribution is 0.568. The molecule has 144 valence electrons. The van der Waals surface area contributed by atoms with Gasteiger partial charge in [-0.2, -0.15) is 5.10 Å². The Morgan fingerprint density at radius 2 is 1.76 bits per heavy atom. The summed E-state index contributed by atoms with van der Waals surface area (Å²) in [6.45, 7) is 1.99. The molecule has 6 nitrogen and oxygen atoms in total. The largest absolute Gasteiger partial charge is 0.367 e. The molecule has 0 unspecified atom stereocenters. The third-order valence-corrected chi connectivity index (χ3v) is 5.27. The first kappa shape index (κ1) is 17.5. The van der Waals surface area contributed by atoms with Gasteiger partial charge >= 0.3 is 0 Å². The summed E-state index contributed by atoms with van der Waals surface area (Å²) >= 11 is 0. The van der Waals surface area contributed by atoms with Gasteiger partial charge < -0.3 is 4.90 Å². The first-order chi connectivity index (χ1) is 14.3. The second-order valence-electron chi connectivity index (χ2n) is 7.03. The molecule has 0 saturated carbocycles. The van der Waals surface area contributed by atoms with Crippen LogP contribution in [-0.4, -0.2) is 31.3 Å². The Morgan fingerprint density at radius 1 is 0.966 bits per heavy atom. The Morgan fingerprint density at radius 3 is 2.55 bits per heavy atom. The van der Waals surface area contributed by atoms with Crippen LogP contribution in [0.1, 0.15) is 16.8 Å². The van der Waals surface area contributed by atoms with Gasteiger partial charge in [0, 0.05) is 72.4 Å². The normalized spacial score (nSPS) is 13.3. The van der Waals surface area contributed by atoms with Crippen molar-refractivity contribution in [3.63, 3.8) is 0 Å². The van der Waals surface area contributed by atoms with E-state index in [9.17, 15) is 4.39 Å². The van der Waals surface area contributed by atoms with Gasteiger partial charge in [-0.1, -0.05) is 18.2 Å². The Bertz CT molecular complexity index is 1130. The van der Waals surface area contributed by atoms with Crippen LogP contribution >= 0.6 is 0 Å². The Balaban J connectivity index is 1.57. The fraction of sp³-hybridized carbons (Fsp3) is 0.182. The first-order valence-corrected chi connectivity index (χ1v) is 9.52. The van der Waals surface area contributed by atoms with Crippen molar-refractivity contribution in [1.29, 1.82) is 0 Å². The number of hydrogen-bond acceptors (Lipinski definition) is 5. The lowest BCUT2D eigenvalue weighted by Gasteiger charge is -2.29. The minimum Gasteiger partial charge on any atom is -0.367 e. The van der Waals surface area contributed by atoms with E-state index in [0.29, 0.717) is 12.1 Å². The van der Waals surface area contributed by atoms with E-state index in [1.165, 1.54) is 12.4 Å². The van der Waals surface area contributed by atoms with Crippen LogP contribution in [0.3, 0.4) is 0 Å². The molecule has 5 rings (SSSR count). The van der Waals surface area contributed by atoms with Gasteiger partial charge in [0.1, 0.15) is 17.8 Å². The van der Waals surface area contributed by atoms with E-state index in [1.807, 2.05) is 22.9 Å². The van der Waals surface area contributed by atoms with Gasteiger partial charge in [-0.25, -0.2) is 14.4 Å². The van der Waals surface area contributed by atoms with Gasteiger partial charge in [0.2, 0.25) is 0 Å². The molecule has 4 heterocycles. The van der Waals surface area contributed by atoms with E-state index in [0.717, 1.165) is 47.7 Å². The van der Waals surface area contributed by atoms with Gasteiger partial charge in [-0.05, 0) is 18.2 Å². The van der Waals surface area contributed by atoms with E-state index < -0.39 is 0 Å². The minimum absolute atomic E-state index is 0.212. The molecule has 0 amide bonds. The maximum Gasteiger partial charge on any atom is 0.128 e. The van der Waals surface area contributed by atoms with Crippen molar-refractivity contribution in [2.24, 2.45) is 0 Å². The van der Waals surface area contributed by atoms with Crippen molar-refractivity contribution >= 4 is 5.69 Å². The fourth-order valence-electron chi connectivity index (χ4n) is 3.84. The molecule has 0 saturated heterocycles. The predicted molar refractivity (Wildman–Crippen MR) is 108 cm³/mol. The second kappa shape index (κ2) is 7.43. The highest BCUT2D eigenvalue weighted by atomic mass is 19.1. The molecule has 29 heavy (non-hydrogen) atoms. The van der Waals surface area contributed by atoms with Crippen LogP contribution in [0.15, 0.2) is 67.5 Å². The lowest BCUT2D eigenvalue weighted by atomic mass is 10.0.